The van der Waals surface area contributed by atoms with Gasteiger partial charge in [-0.15, -0.1) is 0 Å². The van der Waals surface area contributed by atoms with Gasteiger partial charge in [0.15, 0.2) is 0 Å². The van der Waals surface area contributed by atoms with E-state index in [1.165, 1.54) is 0 Å². The van der Waals surface area contributed by atoms with Crippen molar-refractivity contribution in [2.75, 3.05) is 31.1 Å². The lowest BCUT2D eigenvalue weighted by molar-refractivity contribution is -0.123. The number of amides is 3. The molecule has 1 fully saturated rings. The number of piperazine rings is 1. The third-order valence-corrected chi connectivity index (χ3v) is 6.59. The van der Waals surface area contributed by atoms with Crippen LogP contribution in [0.4, 0.5) is 15.3 Å². The second-order valence-corrected chi connectivity index (χ2v) is 10.8. The summed E-state index contributed by atoms with van der Waals surface area (Å²) in [5.74, 6) is -0.138. The summed E-state index contributed by atoms with van der Waals surface area (Å²) in [4.78, 5) is 42.4. The van der Waals surface area contributed by atoms with Gasteiger partial charge in [-0.25, -0.2) is 9.59 Å². The van der Waals surface area contributed by atoms with Crippen LogP contribution in [0, 0.1) is 0 Å². The van der Waals surface area contributed by atoms with Gasteiger partial charge in [-0.2, -0.15) is 0 Å². The Bertz CT molecular complexity index is 1180. The quantitative estimate of drug-likeness (QED) is 0.561. The Balaban J connectivity index is 1.53. The van der Waals surface area contributed by atoms with Crippen LogP contribution in [0.25, 0.3) is 0 Å². The van der Waals surface area contributed by atoms with Crippen LogP contribution in [0.2, 0.25) is 0 Å². The van der Waals surface area contributed by atoms with E-state index in [1.54, 1.807) is 4.90 Å². The number of alkyl carbamates (subject to hydrolysis) is 1. The van der Waals surface area contributed by atoms with E-state index in [0.717, 1.165) is 16.8 Å². The summed E-state index contributed by atoms with van der Waals surface area (Å²) in [6, 6.07) is 16.5. The van der Waals surface area contributed by atoms with Gasteiger partial charge >= 0.3 is 12.2 Å². The minimum atomic E-state index is -0.619. The van der Waals surface area contributed by atoms with Crippen molar-refractivity contribution in [2.45, 2.75) is 57.9 Å². The van der Waals surface area contributed by atoms with Crippen LogP contribution in [0.3, 0.4) is 0 Å². The standard InChI is InChI=1S/C30H38N4O5/c1-30(2,3)39-29(37)33-17-18-34-24-14-10-13-23(19-24)25(15-8-5-9-16-31-27(35)26(34)20-33)32-28(36)38-21-22-11-6-4-7-12-22/h4-8,10-14,19,25-26H,9,15-18,20-21H2,1-3H3,(H,31,35)(H,32,36)/b8-5+/t25-,26+/m0/s1. The topological polar surface area (TPSA) is 100 Å². The summed E-state index contributed by atoms with van der Waals surface area (Å²) >= 11 is 0. The minimum Gasteiger partial charge on any atom is -0.445 e. The number of ether oxygens (including phenoxy) is 2. The van der Waals surface area contributed by atoms with Gasteiger partial charge in [0.05, 0.1) is 12.6 Å². The Morgan fingerprint density at radius 2 is 1.85 bits per heavy atom. The number of anilines is 1. The van der Waals surface area contributed by atoms with Crippen LogP contribution >= 0.6 is 0 Å². The molecule has 2 atom stereocenters. The van der Waals surface area contributed by atoms with Gasteiger partial charge in [-0.1, -0.05) is 54.6 Å². The lowest BCUT2D eigenvalue weighted by Crippen LogP contribution is -2.60. The number of carbonyl (C=O) groups excluding carboxylic acids is 3. The zero-order valence-corrected chi connectivity index (χ0v) is 22.9. The fourth-order valence-corrected chi connectivity index (χ4v) is 4.66. The normalized spacial score (nSPS) is 20.7. The molecule has 0 aliphatic carbocycles. The molecular formula is C30H38N4O5. The van der Waals surface area contributed by atoms with Crippen LogP contribution in [0.5, 0.6) is 0 Å². The molecule has 2 aromatic carbocycles. The number of nitrogens with zero attached hydrogens (tertiary/aromatic N) is 2. The van der Waals surface area contributed by atoms with Crippen LogP contribution < -0.4 is 15.5 Å². The van der Waals surface area contributed by atoms with Crippen molar-refractivity contribution < 1.29 is 23.9 Å². The van der Waals surface area contributed by atoms with Crippen molar-refractivity contribution >= 4 is 23.8 Å². The zero-order valence-electron chi connectivity index (χ0n) is 22.9. The number of carbonyl (C=O) groups is 3. The highest BCUT2D eigenvalue weighted by Crippen LogP contribution is 2.27. The average Bonchev–Trinajstić information content (AvgIpc) is 2.92. The summed E-state index contributed by atoms with van der Waals surface area (Å²) in [6.45, 7) is 7.26. The molecule has 2 bridgehead atoms. The van der Waals surface area contributed by atoms with E-state index in [2.05, 4.69) is 10.6 Å². The lowest BCUT2D eigenvalue weighted by atomic mass is 10.0. The maximum Gasteiger partial charge on any atom is 0.410 e. The molecule has 0 radical (unpaired) electrons. The molecule has 0 unspecified atom stereocenters. The predicted molar refractivity (Wildman–Crippen MR) is 149 cm³/mol. The van der Waals surface area contributed by atoms with Crippen molar-refractivity contribution in [1.82, 2.24) is 15.5 Å². The van der Waals surface area contributed by atoms with Crippen LogP contribution in [-0.4, -0.2) is 60.8 Å². The van der Waals surface area contributed by atoms with Gasteiger partial charge in [-0.3, -0.25) is 4.79 Å². The van der Waals surface area contributed by atoms with Crippen molar-refractivity contribution in [3.8, 4) is 0 Å². The zero-order chi connectivity index (χ0) is 27.8. The Labute approximate surface area is 230 Å². The minimum absolute atomic E-state index is 0.138. The Morgan fingerprint density at radius 3 is 2.62 bits per heavy atom. The molecule has 2 N–H and O–H groups in total. The van der Waals surface area contributed by atoms with E-state index in [9.17, 15) is 14.4 Å². The van der Waals surface area contributed by atoms with Gasteiger partial charge < -0.3 is 29.9 Å². The van der Waals surface area contributed by atoms with Gasteiger partial charge in [0.25, 0.3) is 0 Å². The average molecular weight is 535 g/mol. The van der Waals surface area contributed by atoms with Gasteiger partial charge in [-0.05, 0) is 56.9 Å². The Hall–Kier alpha value is -4.01. The third kappa shape index (κ3) is 7.99. The highest BCUT2D eigenvalue weighted by atomic mass is 16.6. The molecular weight excluding hydrogens is 496 g/mol. The number of hydrogen-bond acceptors (Lipinski definition) is 6. The molecule has 4 rings (SSSR count). The summed E-state index contributed by atoms with van der Waals surface area (Å²) in [5, 5.41) is 6.02. The lowest BCUT2D eigenvalue weighted by Gasteiger charge is -2.42. The molecule has 0 spiro atoms. The van der Waals surface area contributed by atoms with Gasteiger partial charge in [0.2, 0.25) is 5.91 Å². The highest BCUT2D eigenvalue weighted by molar-refractivity contribution is 5.87. The van der Waals surface area contributed by atoms with E-state index in [1.807, 2.05) is 92.4 Å². The van der Waals surface area contributed by atoms with Gasteiger partial charge in [0, 0.05) is 25.3 Å². The molecule has 0 aromatic heterocycles. The second kappa shape index (κ2) is 12.7. The molecule has 39 heavy (non-hydrogen) atoms. The van der Waals surface area contributed by atoms with E-state index < -0.39 is 23.8 Å². The van der Waals surface area contributed by atoms with Crippen molar-refractivity contribution in [3.05, 3.63) is 77.9 Å². The molecule has 9 heteroatoms. The Morgan fingerprint density at radius 1 is 1.05 bits per heavy atom. The monoisotopic (exact) mass is 534 g/mol. The molecule has 208 valence electrons. The molecule has 9 nitrogen and oxygen atoms in total. The fraction of sp³-hybridized carbons (Fsp3) is 0.433. The SMILES string of the molecule is CC(C)(C)OC(=O)N1CCN2c3cccc(c3)[C@@H](NC(=O)OCc3ccccc3)C/C=C/CCNC(=O)[C@H]2C1. The number of hydrogen-bond donors (Lipinski definition) is 2. The second-order valence-electron chi connectivity index (χ2n) is 10.8. The van der Waals surface area contributed by atoms with Crippen LogP contribution in [0.15, 0.2) is 66.7 Å². The van der Waals surface area contributed by atoms with Gasteiger partial charge in [0.1, 0.15) is 18.2 Å². The molecule has 2 aliphatic heterocycles. The van der Waals surface area contributed by atoms with Crippen molar-refractivity contribution in [3.63, 3.8) is 0 Å². The number of rotatable bonds is 3. The number of nitrogens with one attached hydrogen (secondary N) is 2. The first kappa shape index (κ1) is 28.0. The van der Waals surface area contributed by atoms with Crippen LogP contribution in [-0.2, 0) is 20.9 Å². The highest BCUT2D eigenvalue weighted by Gasteiger charge is 2.36. The fourth-order valence-electron chi connectivity index (χ4n) is 4.66. The van der Waals surface area contributed by atoms with Crippen LogP contribution in [0.1, 0.15) is 50.8 Å². The third-order valence-electron chi connectivity index (χ3n) is 6.59. The molecule has 2 heterocycles. The first-order valence-corrected chi connectivity index (χ1v) is 13.4. The largest absolute Gasteiger partial charge is 0.445 e. The number of benzene rings is 2. The summed E-state index contributed by atoms with van der Waals surface area (Å²) in [6.07, 6.45) is 4.32. The summed E-state index contributed by atoms with van der Waals surface area (Å²) in [5.41, 5.74) is 2.05. The molecule has 0 saturated carbocycles. The summed E-state index contributed by atoms with van der Waals surface area (Å²) in [7, 11) is 0. The molecule has 2 aromatic rings. The van der Waals surface area contributed by atoms with Crippen molar-refractivity contribution in [2.24, 2.45) is 0 Å². The maximum absolute atomic E-state index is 13.3. The number of fused-ring (bicyclic) bond motifs is 4. The Kier molecular flexibility index (Phi) is 9.11. The first-order valence-electron chi connectivity index (χ1n) is 13.4. The first-order chi connectivity index (χ1) is 18.7. The predicted octanol–water partition coefficient (Wildman–Crippen LogP) is 4.55. The molecule has 3 amide bonds. The maximum atomic E-state index is 13.3. The summed E-state index contributed by atoms with van der Waals surface area (Å²) < 4.78 is 11.0. The van der Waals surface area contributed by atoms with E-state index in [4.69, 9.17) is 9.47 Å². The van der Waals surface area contributed by atoms with E-state index in [0.29, 0.717) is 32.5 Å². The van der Waals surface area contributed by atoms with E-state index >= 15 is 0 Å². The smallest absolute Gasteiger partial charge is 0.410 e. The molecule has 2 aliphatic rings. The van der Waals surface area contributed by atoms with E-state index in [-0.39, 0.29) is 25.1 Å². The van der Waals surface area contributed by atoms with Crippen molar-refractivity contribution in [1.29, 1.82) is 0 Å². The molecule has 1 saturated heterocycles.